The van der Waals surface area contributed by atoms with Gasteiger partial charge in [-0.15, -0.1) is 0 Å². The highest BCUT2D eigenvalue weighted by Crippen LogP contribution is 2.28. The first-order valence-corrected chi connectivity index (χ1v) is 9.67. The van der Waals surface area contributed by atoms with Gasteiger partial charge in [-0.05, 0) is 58.1 Å². The number of fused-ring (bicyclic) bond motifs is 1. The van der Waals surface area contributed by atoms with Crippen molar-refractivity contribution in [3.8, 4) is 11.1 Å². The largest absolute Gasteiger partial charge is 0.478 e. The molecule has 30 heavy (non-hydrogen) atoms. The Morgan fingerprint density at radius 1 is 1.00 bits per heavy atom. The normalized spacial score (nSPS) is 10.7. The fraction of sp³-hybridized carbons (Fsp3) is 0.0417. The number of benzene rings is 3. The molecule has 0 aliphatic rings. The zero-order valence-corrected chi connectivity index (χ0v) is 16.7. The van der Waals surface area contributed by atoms with Crippen LogP contribution in [0.4, 0.5) is 5.82 Å². The molecule has 0 atom stereocenters. The van der Waals surface area contributed by atoms with Crippen molar-refractivity contribution in [1.82, 2.24) is 9.97 Å². The Hall–Kier alpha value is -3.70. The third-order valence-electron chi connectivity index (χ3n) is 4.81. The Morgan fingerprint density at radius 3 is 2.37 bits per heavy atom. The minimum absolute atomic E-state index is 0.158. The molecule has 0 fully saturated rings. The average Bonchev–Trinajstić information content (AvgIpc) is 2.77. The molecule has 4 aromatic rings. The van der Waals surface area contributed by atoms with E-state index in [9.17, 15) is 4.79 Å². The minimum atomic E-state index is -0.946. The quantitative estimate of drug-likeness (QED) is 0.383. The molecule has 2 N–H and O–H groups in total. The maximum Gasteiger partial charge on any atom is 0.335 e. The maximum atomic E-state index is 11.0. The molecule has 6 heteroatoms. The number of nitrogens with one attached hydrogen (secondary N) is 1. The van der Waals surface area contributed by atoms with Crippen molar-refractivity contribution in [2.24, 2.45) is 0 Å². The molecule has 148 valence electrons. The van der Waals surface area contributed by atoms with Gasteiger partial charge in [0.15, 0.2) is 0 Å². The van der Waals surface area contributed by atoms with Crippen molar-refractivity contribution in [2.45, 2.75) is 6.54 Å². The molecule has 1 heterocycles. The van der Waals surface area contributed by atoms with Crippen molar-refractivity contribution in [1.29, 1.82) is 0 Å². The average molecular weight is 416 g/mol. The molecule has 0 radical (unpaired) electrons. The topological polar surface area (TPSA) is 75.1 Å². The fourth-order valence-corrected chi connectivity index (χ4v) is 3.35. The maximum absolute atomic E-state index is 11.0. The number of nitrogens with zero attached hydrogens (tertiary/aromatic N) is 2. The van der Waals surface area contributed by atoms with Gasteiger partial charge in [-0.3, -0.25) is 0 Å². The lowest BCUT2D eigenvalue weighted by Crippen LogP contribution is -2.04. The summed E-state index contributed by atoms with van der Waals surface area (Å²) in [5.74, 6) is -0.320. The molecular weight excluding hydrogens is 398 g/mol. The summed E-state index contributed by atoms with van der Waals surface area (Å²) >= 11 is 6.16. The molecule has 0 amide bonds. The van der Waals surface area contributed by atoms with Gasteiger partial charge < -0.3 is 10.4 Å². The van der Waals surface area contributed by atoms with Crippen molar-refractivity contribution < 1.29 is 9.90 Å². The predicted molar refractivity (Wildman–Crippen MR) is 121 cm³/mol. The highest BCUT2D eigenvalue weighted by atomic mass is 35.5. The molecule has 0 saturated heterocycles. The van der Waals surface area contributed by atoms with E-state index in [-0.39, 0.29) is 10.8 Å². The summed E-state index contributed by atoms with van der Waals surface area (Å²) in [4.78, 5) is 19.7. The molecule has 0 aliphatic carbocycles. The van der Waals surface area contributed by atoms with E-state index in [1.165, 1.54) is 0 Å². The summed E-state index contributed by atoms with van der Waals surface area (Å²) in [6.45, 7) is 4.26. The molecule has 3 aromatic carbocycles. The van der Waals surface area contributed by atoms with E-state index in [0.717, 1.165) is 33.2 Å². The molecule has 1 aromatic heterocycles. The zero-order chi connectivity index (χ0) is 21.1. The van der Waals surface area contributed by atoms with E-state index in [0.29, 0.717) is 12.4 Å². The van der Waals surface area contributed by atoms with E-state index in [2.05, 4.69) is 21.9 Å². The molecule has 0 bridgehead atoms. The molecule has 0 aliphatic heterocycles. The number of halogens is 1. The Balaban J connectivity index is 1.61. The van der Waals surface area contributed by atoms with Crippen LogP contribution in [0, 0.1) is 0 Å². The Kier molecular flexibility index (Phi) is 5.46. The van der Waals surface area contributed by atoms with Gasteiger partial charge in [-0.2, -0.15) is 0 Å². The van der Waals surface area contributed by atoms with Gasteiger partial charge >= 0.3 is 5.97 Å². The number of carboxylic acids is 1. The number of carbonyl (C=O) groups is 1. The second kappa shape index (κ2) is 8.35. The summed E-state index contributed by atoms with van der Waals surface area (Å²) in [5, 5.41) is 13.3. The van der Waals surface area contributed by atoms with Crippen LogP contribution in [-0.2, 0) is 6.54 Å². The number of carboxylic acid groups (broad SMARTS) is 1. The van der Waals surface area contributed by atoms with E-state index in [1.807, 2.05) is 48.5 Å². The van der Waals surface area contributed by atoms with Crippen molar-refractivity contribution in [3.05, 3.63) is 95.3 Å². The van der Waals surface area contributed by atoms with Crippen molar-refractivity contribution in [2.75, 3.05) is 5.32 Å². The third kappa shape index (κ3) is 4.16. The van der Waals surface area contributed by atoms with Crippen LogP contribution < -0.4 is 5.32 Å². The van der Waals surface area contributed by atoms with E-state index >= 15 is 0 Å². The van der Waals surface area contributed by atoms with Gasteiger partial charge in [-0.1, -0.05) is 55.1 Å². The first kappa shape index (κ1) is 19.6. The van der Waals surface area contributed by atoms with Crippen LogP contribution >= 0.6 is 11.6 Å². The van der Waals surface area contributed by atoms with E-state index < -0.39 is 5.97 Å². The SMILES string of the molecule is C=Cc1ccc(-c2ccc3c(NCc4ccc(C(=O)O)cc4)nc(Cl)nc3c2)cc1. The summed E-state index contributed by atoms with van der Waals surface area (Å²) in [7, 11) is 0. The van der Waals surface area contributed by atoms with Crippen LogP contribution in [0.25, 0.3) is 28.1 Å². The number of aromatic nitrogens is 2. The zero-order valence-electron chi connectivity index (χ0n) is 16.0. The van der Waals surface area contributed by atoms with Gasteiger partial charge in [0.2, 0.25) is 5.28 Å². The summed E-state index contributed by atoms with van der Waals surface area (Å²) in [6, 6.07) is 20.8. The van der Waals surface area contributed by atoms with Crippen LogP contribution in [0.15, 0.2) is 73.3 Å². The van der Waals surface area contributed by atoms with Crippen molar-refractivity contribution in [3.63, 3.8) is 0 Å². The summed E-state index contributed by atoms with van der Waals surface area (Å²) in [5.41, 5.74) is 5.09. The third-order valence-corrected chi connectivity index (χ3v) is 4.98. The van der Waals surface area contributed by atoms with Gasteiger partial charge in [0.25, 0.3) is 0 Å². The van der Waals surface area contributed by atoms with E-state index in [1.54, 1.807) is 24.3 Å². The van der Waals surface area contributed by atoms with Crippen LogP contribution in [0.3, 0.4) is 0 Å². The molecule has 0 saturated carbocycles. The van der Waals surface area contributed by atoms with Gasteiger partial charge in [0.1, 0.15) is 5.82 Å². The van der Waals surface area contributed by atoms with Gasteiger partial charge in [-0.25, -0.2) is 14.8 Å². The number of rotatable bonds is 6. The summed E-state index contributed by atoms with van der Waals surface area (Å²) in [6.07, 6.45) is 1.81. The number of anilines is 1. The van der Waals surface area contributed by atoms with Crippen molar-refractivity contribution >= 4 is 40.4 Å². The summed E-state index contributed by atoms with van der Waals surface area (Å²) < 4.78 is 0. The standard InChI is InChI=1S/C24H18ClN3O2/c1-2-15-3-7-17(8-4-15)19-11-12-20-21(13-19)27-24(25)28-22(20)26-14-16-5-9-18(10-6-16)23(29)30/h2-13H,1,14H2,(H,29,30)(H,26,27,28). The lowest BCUT2D eigenvalue weighted by atomic mass is 10.0. The van der Waals surface area contributed by atoms with Gasteiger partial charge in [0, 0.05) is 11.9 Å². The van der Waals surface area contributed by atoms with Crippen LogP contribution in [0.5, 0.6) is 0 Å². The molecule has 5 nitrogen and oxygen atoms in total. The van der Waals surface area contributed by atoms with Gasteiger partial charge in [0.05, 0.1) is 11.1 Å². The molecular formula is C24H18ClN3O2. The molecule has 0 unspecified atom stereocenters. The monoisotopic (exact) mass is 415 g/mol. The van der Waals surface area contributed by atoms with Crippen LogP contribution in [0.2, 0.25) is 5.28 Å². The Labute approximate surface area is 178 Å². The first-order valence-electron chi connectivity index (χ1n) is 9.30. The molecule has 4 rings (SSSR count). The first-order chi connectivity index (χ1) is 14.5. The second-order valence-electron chi connectivity index (χ2n) is 6.75. The molecule has 0 spiro atoms. The number of aromatic carboxylic acids is 1. The fourth-order valence-electron chi connectivity index (χ4n) is 3.18. The van der Waals surface area contributed by atoms with Crippen LogP contribution in [0.1, 0.15) is 21.5 Å². The predicted octanol–water partition coefficient (Wildman–Crippen LogP) is 5.90. The number of hydrogen-bond acceptors (Lipinski definition) is 4. The lowest BCUT2D eigenvalue weighted by molar-refractivity contribution is 0.0697. The highest BCUT2D eigenvalue weighted by molar-refractivity contribution is 6.28. The lowest BCUT2D eigenvalue weighted by Gasteiger charge is -2.11. The smallest absolute Gasteiger partial charge is 0.335 e. The Bertz CT molecular complexity index is 1240. The van der Waals surface area contributed by atoms with Crippen LogP contribution in [-0.4, -0.2) is 21.0 Å². The second-order valence-corrected chi connectivity index (χ2v) is 7.09. The minimum Gasteiger partial charge on any atom is -0.478 e. The number of hydrogen-bond donors (Lipinski definition) is 2. The Morgan fingerprint density at radius 2 is 1.70 bits per heavy atom. The highest BCUT2D eigenvalue weighted by Gasteiger charge is 2.09. The van der Waals surface area contributed by atoms with E-state index in [4.69, 9.17) is 16.7 Å².